The van der Waals surface area contributed by atoms with Gasteiger partial charge in [0.2, 0.25) is 0 Å². The Morgan fingerprint density at radius 2 is 1.04 bits per heavy atom. The van der Waals surface area contributed by atoms with Crippen LogP contribution in [0.15, 0.2) is 84.9 Å². The van der Waals surface area contributed by atoms with Gasteiger partial charge in [-0.15, -0.1) is 0 Å². The molecular weight excluding hydrogens is 421 g/mol. The molecule has 0 nitrogen and oxygen atoms in total. The smallest absolute Gasteiger partial charge is 0.123 e. The highest BCUT2D eigenvalue weighted by molar-refractivity contribution is 6.49. The lowest BCUT2D eigenvalue weighted by atomic mass is 9.96. The monoisotopic (exact) mass is 434 g/mol. The fraction of sp³-hybridized carbons (Fsp3) is 0.0435. The predicted molar refractivity (Wildman–Crippen MR) is 115 cm³/mol. The van der Waals surface area contributed by atoms with E-state index in [-0.39, 0.29) is 17.6 Å². The molecule has 1 atom stereocenters. The zero-order valence-corrected chi connectivity index (χ0v) is 16.8. The van der Waals surface area contributed by atoms with E-state index < -0.39 is 0 Å². The first-order valence-corrected chi connectivity index (χ1v) is 9.58. The number of hydrogen-bond donors (Lipinski definition) is 0. The normalized spacial score (nSPS) is 13.5. The second kappa shape index (κ2) is 9.38. The molecule has 28 heavy (non-hydrogen) atoms. The molecule has 0 aliphatic carbocycles. The van der Waals surface area contributed by atoms with Gasteiger partial charge in [-0.2, -0.15) is 0 Å². The van der Waals surface area contributed by atoms with Crippen LogP contribution in [0.4, 0.5) is 8.78 Å². The maximum atomic E-state index is 13.2. The summed E-state index contributed by atoms with van der Waals surface area (Å²) in [7, 11) is 0. The molecular formula is C23H15Cl3F2. The van der Waals surface area contributed by atoms with Crippen LogP contribution in [0.1, 0.15) is 22.6 Å². The molecule has 0 fully saturated rings. The third kappa shape index (κ3) is 5.45. The molecule has 5 heteroatoms. The Labute approximate surface area is 177 Å². The van der Waals surface area contributed by atoms with Crippen LogP contribution < -0.4 is 0 Å². The van der Waals surface area contributed by atoms with E-state index in [0.29, 0.717) is 26.2 Å². The summed E-state index contributed by atoms with van der Waals surface area (Å²) in [5.41, 5.74) is 2.30. The number of hydrogen-bond acceptors (Lipinski definition) is 0. The van der Waals surface area contributed by atoms with Gasteiger partial charge in [-0.05, 0) is 53.1 Å². The molecule has 0 aliphatic rings. The summed E-state index contributed by atoms with van der Waals surface area (Å²) in [5, 5.41) is 1.53. The molecule has 142 valence electrons. The number of halogens is 5. The van der Waals surface area contributed by atoms with E-state index in [2.05, 4.69) is 0 Å². The van der Waals surface area contributed by atoms with E-state index in [4.69, 9.17) is 34.8 Å². The molecule has 3 rings (SSSR count). The lowest BCUT2D eigenvalue weighted by molar-refractivity contribution is 0.627. The molecule has 0 saturated carbocycles. The van der Waals surface area contributed by atoms with Gasteiger partial charge in [0.1, 0.15) is 11.6 Å². The number of allylic oxidation sites excluding steroid dienone is 2. The van der Waals surface area contributed by atoms with Crippen molar-refractivity contribution in [1.29, 1.82) is 0 Å². The average Bonchev–Trinajstić information content (AvgIpc) is 2.69. The molecule has 0 N–H and O–H groups in total. The maximum absolute atomic E-state index is 13.2. The topological polar surface area (TPSA) is 0 Å². The summed E-state index contributed by atoms with van der Waals surface area (Å²) in [6.45, 7) is 0. The van der Waals surface area contributed by atoms with Gasteiger partial charge in [0.25, 0.3) is 0 Å². The first kappa shape index (κ1) is 20.6. The summed E-state index contributed by atoms with van der Waals surface area (Å²) in [4.78, 5) is 0. The second-order valence-corrected chi connectivity index (χ2v) is 7.37. The molecule has 0 radical (unpaired) electrons. The molecule has 0 spiro atoms. The minimum absolute atomic E-state index is 0.271. The molecule has 3 aromatic carbocycles. The van der Waals surface area contributed by atoms with Crippen molar-refractivity contribution in [1.82, 2.24) is 0 Å². The lowest BCUT2D eigenvalue weighted by Crippen LogP contribution is -1.94. The Balaban J connectivity index is 2.00. The first-order valence-electron chi connectivity index (χ1n) is 8.44. The van der Waals surface area contributed by atoms with Gasteiger partial charge in [-0.3, -0.25) is 0 Å². The zero-order valence-electron chi connectivity index (χ0n) is 14.6. The third-order valence-electron chi connectivity index (χ3n) is 4.15. The highest BCUT2D eigenvalue weighted by Gasteiger charge is 2.11. The van der Waals surface area contributed by atoms with Crippen molar-refractivity contribution in [2.75, 3.05) is 0 Å². The van der Waals surface area contributed by atoms with Crippen molar-refractivity contribution < 1.29 is 8.78 Å². The second-order valence-electron chi connectivity index (χ2n) is 6.12. The van der Waals surface area contributed by atoms with Gasteiger partial charge in [0, 0.05) is 21.0 Å². The van der Waals surface area contributed by atoms with Crippen LogP contribution >= 0.6 is 34.8 Å². The highest BCUT2D eigenvalue weighted by atomic mass is 35.5. The summed E-state index contributed by atoms with van der Waals surface area (Å²) in [5.74, 6) is -0.934. The van der Waals surface area contributed by atoms with E-state index in [1.54, 1.807) is 36.4 Å². The first-order chi connectivity index (χ1) is 13.4. The van der Waals surface area contributed by atoms with Gasteiger partial charge in [-0.25, -0.2) is 8.78 Å². The zero-order chi connectivity index (χ0) is 20.1. The molecule has 0 amide bonds. The van der Waals surface area contributed by atoms with Gasteiger partial charge >= 0.3 is 0 Å². The van der Waals surface area contributed by atoms with Crippen LogP contribution in [-0.2, 0) is 0 Å². The minimum atomic E-state index is -0.332. The van der Waals surface area contributed by atoms with Gasteiger partial charge < -0.3 is 0 Å². The van der Waals surface area contributed by atoms with Gasteiger partial charge in [0.05, 0.1) is 0 Å². The maximum Gasteiger partial charge on any atom is 0.123 e. The molecule has 0 saturated heterocycles. The largest absolute Gasteiger partial charge is 0.207 e. The lowest BCUT2D eigenvalue weighted by Gasteiger charge is -2.12. The van der Waals surface area contributed by atoms with E-state index in [9.17, 15) is 8.78 Å². The summed E-state index contributed by atoms with van der Waals surface area (Å²) < 4.78 is 26.3. The highest BCUT2D eigenvalue weighted by Crippen LogP contribution is 2.32. The van der Waals surface area contributed by atoms with Crippen LogP contribution in [0, 0.1) is 11.6 Å². The van der Waals surface area contributed by atoms with Crippen LogP contribution in [0.3, 0.4) is 0 Å². The molecule has 0 aliphatic heterocycles. The standard InChI is InChI=1S/C23H15Cl3F2/c24-19-7-1-15(2-8-19)18(13-22(25)16-3-9-20(27)10-4-16)14-23(26)17-5-11-21(28)12-6-17/h1-14,18H/b22-13-,23-14+. The number of benzene rings is 3. The van der Waals surface area contributed by atoms with Crippen molar-refractivity contribution in [3.63, 3.8) is 0 Å². The van der Waals surface area contributed by atoms with Gasteiger partial charge in [-0.1, -0.05) is 83.4 Å². The summed E-state index contributed by atoms with van der Waals surface area (Å²) in [6, 6.07) is 19.2. The Kier molecular flexibility index (Phi) is 6.90. The van der Waals surface area contributed by atoms with Crippen LogP contribution in [0.5, 0.6) is 0 Å². The third-order valence-corrected chi connectivity index (χ3v) is 5.09. The average molecular weight is 436 g/mol. The fourth-order valence-corrected chi connectivity index (χ4v) is 3.30. The van der Waals surface area contributed by atoms with Crippen LogP contribution in [0.2, 0.25) is 5.02 Å². The molecule has 0 aromatic heterocycles. The van der Waals surface area contributed by atoms with Crippen molar-refractivity contribution in [2.45, 2.75) is 5.92 Å². The van der Waals surface area contributed by atoms with E-state index in [0.717, 1.165) is 5.56 Å². The van der Waals surface area contributed by atoms with Crippen molar-refractivity contribution in [3.05, 3.63) is 118 Å². The Morgan fingerprint density at radius 1 is 0.643 bits per heavy atom. The van der Waals surface area contributed by atoms with Crippen LogP contribution in [0.25, 0.3) is 10.1 Å². The van der Waals surface area contributed by atoms with Crippen molar-refractivity contribution >= 4 is 44.9 Å². The van der Waals surface area contributed by atoms with E-state index in [1.165, 1.54) is 24.3 Å². The SMILES string of the molecule is Fc1ccc(/C(Cl)=C/C(/C=C(/Cl)c2ccc(F)cc2)c2ccc(Cl)cc2)cc1. The fourth-order valence-electron chi connectivity index (χ4n) is 2.65. The van der Waals surface area contributed by atoms with Crippen LogP contribution in [-0.4, -0.2) is 0 Å². The molecule has 0 heterocycles. The summed E-state index contributed by atoms with van der Waals surface area (Å²) >= 11 is 18.9. The molecule has 3 aromatic rings. The molecule has 0 bridgehead atoms. The van der Waals surface area contributed by atoms with Crippen molar-refractivity contribution in [3.8, 4) is 0 Å². The summed E-state index contributed by atoms with van der Waals surface area (Å²) in [6.07, 6.45) is 3.65. The van der Waals surface area contributed by atoms with Gasteiger partial charge in [0.15, 0.2) is 0 Å². The quantitative estimate of drug-likeness (QED) is 0.378. The Hall–Kier alpha value is -2.13. The predicted octanol–water partition coefficient (Wildman–Crippen LogP) is 8.26. The number of rotatable bonds is 5. The van der Waals surface area contributed by atoms with E-state index >= 15 is 0 Å². The minimum Gasteiger partial charge on any atom is -0.207 e. The van der Waals surface area contributed by atoms with E-state index in [1.807, 2.05) is 24.3 Å². The Morgan fingerprint density at radius 3 is 1.43 bits per heavy atom. The molecule has 1 unspecified atom stereocenters. The van der Waals surface area contributed by atoms with Crippen molar-refractivity contribution in [2.24, 2.45) is 0 Å². The Bertz CT molecular complexity index is 928.